The Morgan fingerprint density at radius 3 is 2.50 bits per heavy atom. The molecule has 98 valence electrons. The molecule has 0 aliphatic heterocycles. The van der Waals surface area contributed by atoms with Gasteiger partial charge in [-0.05, 0) is 5.56 Å². The Morgan fingerprint density at radius 2 is 1.89 bits per heavy atom. The fourth-order valence-electron chi connectivity index (χ4n) is 1.30. The Kier molecular flexibility index (Phi) is 6.53. The molecule has 2 N–H and O–H groups in total. The zero-order valence-electron chi connectivity index (χ0n) is 9.91. The summed E-state index contributed by atoms with van der Waals surface area (Å²) in [6.45, 7) is 0.418. The molecule has 0 aliphatic rings. The monoisotopic (exact) mass is 252 g/mol. The maximum Gasteiger partial charge on any atom is 0.341 e. The highest BCUT2D eigenvalue weighted by atomic mass is 16.6. The summed E-state index contributed by atoms with van der Waals surface area (Å²) >= 11 is 0. The Bertz CT molecular complexity index is 386. The average Bonchev–Trinajstić information content (AvgIpc) is 2.40. The highest BCUT2D eigenvalue weighted by Gasteiger charge is 2.13. The van der Waals surface area contributed by atoms with Crippen LogP contribution in [0.1, 0.15) is 5.56 Å². The van der Waals surface area contributed by atoms with E-state index in [4.69, 9.17) is 19.7 Å². The number of ether oxygens (including phenoxy) is 2. The first kappa shape index (κ1) is 14.2. The number of hydrogen-bond acceptors (Lipinski definition) is 5. The molecule has 0 unspecified atom stereocenters. The minimum absolute atomic E-state index is 0.0697. The number of rotatable bonds is 7. The fourth-order valence-corrected chi connectivity index (χ4v) is 1.30. The number of carbonyl (C=O) groups is 1. The van der Waals surface area contributed by atoms with Crippen LogP contribution in [0.15, 0.2) is 36.6 Å². The second-order valence-electron chi connectivity index (χ2n) is 3.38. The van der Waals surface area contributed by atoms with E-state index in [9.17, 15) is 4.79 Å². The van der Waals surface area contributed by atoms with Gasteiger partial charge in [-0.15, -0.1) is 0 Å². The van der Waals surface area contributed by atoms with Gasteiger partial charge in [0.25, 0.3) is 0 Å². The van der Waals surface area contributed by atoms with Crippen molar-refractivity contribution in [1.82, 2.24) is 0 Å². The number of carbonyl (C=O) groups excluding carboxylic acids is 1. The van der Waals surface area contributed by atoms with Gasteiger partial charge < -0.3 is 19.7 Å². The van der Waals surface area contributed by atoms with E-state index in [0.29, 0.717) is 5.56 Å². The largest absolute Gasteiger partial charge is 0.515 e. The van der Waals surface area contributed by atoms with E-state index in [0.717, 1.165) is 6.26 Å². The summed E-state index contributed by atoms with van der Waals surface area (Å²) in [5, 5.41) is 17.5. The third-order valence-electron chi connectivity index (χ3n) is 2.13. The maximum absolute atomic E-state index is 11.7. The van der Waals surface area contributed by atoms with E-state index >= 15 is 0 Å². The summed E-state index contributed by atoms with van der Waals surface area (Å²) < 4.78 is 9.87. The molecule has 0 aliphatic carbocycles. The lowest BCUT2D eigenvalue weighted by Gasteiger charge is -2.07. The number of esters is 1. The van der Waals surface area contributed by atoms with E-state index in [1.165, 1.54) is 0 Å². The number of hydrogen-bond donors (Lipinski definition) is 2. The Labute approximate surface area is 105 Å². The van der Waals surface area contributed by atoms with Crippen molar-refractivity contribution in [3.8, 4) is 0 Å². The van der Waals surface area contributed by atoms with E-state index in [1.54, 1.807) is 24.3 Å². The minimum atomic E-state index is -0.615. The highest BCUT2D eigenvalue weighted by molar-refractivity contribution is 6.16. The van der Waals surface area contributed by atoms with Gasteiger partial charge >= 0.3 is 5.97 Å². The molecule has 5 nitrogen and oxygen atoms in total. The standard InChI is InChI=1S/C13H16O5/c14-6-7-17-8-9-18-13(16)12(10-15)11-4-2-1-3-5-11/h1-5,10,14-15H,6-9H2. The molecule has 0 radical (unpaired) electrons. The molecular formula is C13H16O5. The molecule has 0 spiro atoms. The van der Waals surface area contributed by atoms with E-state index in [-0.39, 0.29) is 32.0 Å². The van der Waals surface area contributed by atoms with Crippen LogP contribution in [0.5, 0.6) is 0 Å². The van der Waals surface area contributed by atoms with Crippen molar-refractivity contribution < 1.29 is 24.5 Å². The van der Waals surface area contributed by atoms with Crippen molar-refractivity contribution in [1.29, 1.82) is 0 Å². The lowest BCUT2D eigenvalue weighted by molar-refractivity contribution is -0.138. The topological polar surface area (TPSA) is 76.0 Å². The molecule has 0 aromatic heterocycles. The van der Waals surface area contributed by atoms with Crippen molar-refractivity contribution in [2.45, 2.75) is 0 Å². The summed E-state index contributed by atoms with van der Waals surface area (Å²) in [7, 11) is 0. The molecule has 1 rings (SSSR count). The lowest BCUT2D eigenvalue weighted by Crippen LogP contribution is -2.13. The van der Waals surface area contributed by atoms with Crippen molar-refractivity contribution in [3.63, 3.8) is 0 Å². The summed E-state index contributed by atoms with van der Waals surface area (Å²) in [5.41, 5.74) is 0.680. The Balaban J connectivity index is 2.45. The van der Waals surface area contributed by atoms with Gasteiger partial charge in [-0.2, -0.15) is 0 Å². The molecule has 18 heavy (non-hydrogen) atoms. The van der Waals surface area contributed by atoms with Gasteiger partial charge in [0.05, 0.1) is 26.1 Å². The van der Waals surface area contributed by atoms with Crippen LogP contribution in [0.2, 0.25) is 0 Å². The highest BCUT2D eigenvalue weighted by Crippen LogP contribution is 2.14. The quantitative estimate of drug-likeness (QED) is 0.329. The lowest BCUT2D eigenvalue weighted by atomic mass is 10.1. The molecule has 0 saturated heterocycles. The molecule has 1 aromatic carbocycles. The average molecular weight is 252 g/mol. The molecule has 5 heteroatoms. The van der Waals surface area contributed by atoms with Crippen LogP contribution in [0.25, 0.3) is 5.57 Å². The van der Waals surface area contributed by atoms with Gasteiger partial charge in [0.15, 0.2) is 0 Å². The van der Waals surface area contributed by atoms with E-state index in [1.807, 2.05) is 6.07 Å². The van der Waals surface area contributed by atoms with Crippen molar-refractivity contribution in [3.05, 3.63) is 42.2 Å². The molecule has 0 atom stereocenters. The third-order valence-corrected chi connectivity index (χ3v) is 2.13. The van der Waals surface area contributed by atoms with E-state index in [2.05, 4.69) is 0 Å². The molecule has 0 heterocycles. The Hall–Kier alpha value is -1.85. The summed E-state index contributed by atoms with van der Waals surface area (Å²) in [5.74, 6) is -0.615. The second kappa shape index (κ2) is 8.27. The van der Waals surface area contributed by atoms with Gasteiger partial charge in [0, 0.05) is 0 Å². The number of aliphatic hydroxyl groups is 2. The van der Waals surface area contributed by atoms with Gasteiger partial charge in [0.1, 0.15) is 12.2 Å². The van der Waals surface area contributed by atoms with Crippen molar-refractivity contribution in [2.24, 2.45) is 0 Å². The van der Waals surface area contributed by atoms with Crippen LogP contribution in [-0.4, -0.2) is 42.6 Å². The first-order valence-electron chi connectivity index (χ1n) is 5.55. The van der Waals surface area contributed by atoms with Gasteiger partial charge in [0.2, 0.25) is 0 Å². The SMILES string of the molecule is O=C(OCCOCCO)C(=CO)c1ccccc1. The van der Waals surface area contributed by atoms with Crippen molar-refractivity contribution >= 4 is 11.5 Å². The Morgan fingerprint density at radius 1 is 1.17 bits per heavy atom. The molecule has 0 bridgehead atoms. The predicted octanol–water partition coefficient (Wildman–Crippen LogP) is 1.14. The maximum atomic E-state index is 11.7. The minimum Gasteiger partial charge on any atom is -0.515 e. The van der Waals surface area contributed by atoms with Gasteiger partial charge in [-0.3, -0.25) is 0 Å². The van der Waals surface area contributed by atoms with Crippen LogP contribution in [0.3, 0.4) is 0 Å². The molecule has 1 aromatic rings. The van der Waals surface area contributed by atoms with Crippen LogP contribution in [0.4, 0.5) is 0 Å². The number of aliphatic hydroxyl groups excluding tert-OH is 2. The van der Waals surface area contributed by atoms with Gasteiger partial charge in [-0.1, -0.05) is 30.3 Å². The fraction of sp³-hybridized carbons (Fsp3) is 0.308. The van der Waals surface area contributed by atoms with Gasteiger partial charge in [-0.25, -0.2) is 4.79 Å². The number of benzene rings is 1. The zero-order valence-corrected chi connectivity index (χ0v) is 9.91. The molecule has 0 saturated carbocycles. The third kappa shape index (κ3) is 4.57. The van der Waals surface area contributed by atoms with Crippen LogP contribution in [-0.2, 0) is 14.3 Å². The first-order chi connectivity index (χ1) is 8.79. The molecule has 0 fully saturated rings. The van der Waals surface area contributed by atoms with E-state index < -0.39 is 5.97 Å². The van der Waals surface area contributed by atoms with Crippen LogP contribution >= 0.6 is 0 Å². The smallest absolute Gasteiger partial charge is 0.341 e. The predicted molar refractivity (Wildman–Crippen MR) is 65.9 cm³/mol. The summed E-state index contributed by atoms with van der Waals surface area (Å²) in [6.07, 6.45) is 0.728. The summed E-state index contributed by atoms with van der Waals surface area (Å²) in [6, 6.07) is 8.73. The second-order valence-corrected chi connectivity index (χ2v) is 3.38. The van der Waals surface area contributed by atoms with Crippen LogP contribution in [0, 0.1) is 0 Å². The first-order valence-corrected chi connectivity index (χ1v) is 5.55. The molecule has 0 amide bonds. The van der Waals surface area contributed by atoms with Crippen LogP contribution < -0.4 is 0 Å². The molecular weight excluding hydrogens is 236 g/mol. The van der Waals surface area contributed by atoms with Crippen molar-refractivity contribution in [2.75, 3.05) is 26.4 Å². The zero-order chi connectivity index (χ0) is 13.2. The normalized spacial score (nSPS) is 11.3. The summed E-state index contributed by atoms with van der Waals surface area (Å²) in [4.78, 5) is 11.7.